The molecule has 1 aliphatic heterocycles. The second-order valence-electron chi connectivity index (χ2n) is 5.65. The van der Waals surface area contributed by atoms with E-state index in [-0.39, 0.29) is 11.5 Å². The van der Waals surface area contributed by atoms with Crippen LogP contribution in [0.15, 0.2) is 33.5 Å². The number of carboxylic acids is 1. The van der Waals surface area contributed by atoms with E-state index in [1.807, 2.05) is 25.1 Å². The number of rotatable bonds is 3. The molecule has 0 bridgehead atoms. The molecule has 1 unspecified atom stereocenters. The topological polar surface area (TPSA) is 70.8 Å². The lowest BCUT2D eigenvalue weighted by Crippen LogP contribution is -2.23. The molecule has 1 saturated heterocycles. The van der Waals surface area contributed by atoms with E-state index >= 15 is 0 Å². The van der Waals surface area contributed by atoms with Crippen molar-refractivity contribution in [3.63, 3.8) is 0 Å². The van der Waals surface area contributed by atoms with Gasteiger partial charge in [0.1, 0.15) is 5.58 Å². The van der Waals surface area contributed by atoms with Crippen molar-refractivity contribution in [2.75, 3.05) is 13.1 Å². The highest BCUT2D eigenvalue weighted by Gasteiger charge is 2.28. The van der Waals surface area contributed by atoms with Gasteiger partial charge in [-0.3, -0.25) is 9.69 Å². The first kappa shape index (κ1) is 13.8. The Morgan fingerprint density at radius 1 is 1.43 bits per heavy atom. The quantitative estimate of drug-likeness (QED) is 0.874. The second-order valence-corrected chi connectivity index (χ2v) is 5.65. The highest BCUT2D eigenvalue weighted by Crippen LogP contribution is 2.23. The number of benzene rings is 1. The molecule has 1 aromatic carbocycles. The summed E-state index contributed by atoms with van der Waals surface area (Å²) in [5, 5.41) is 9.97. The Labute approximate surface area is 121 Å². The Morgan fingerprint density at radius 3 is 2.95 bits per heavy atom. The molecule has 1 N–H and O–H groups in total. The molecule has 5 heteroatoms. The second kappa shape index (κ2) is 5.33. The average Bonchev–Trinajstić information content (AvgIpc) is 2.86. The lowest BCUT2D eigenvalue weighted by Gasteiger charge is -2.16. The van der Waals surface area contributed by atoms with Gasteiger partial charge in [0.05, 0.1) is 5.92 Å². The van der Waals surface area contributed by atoms with Gasteiger partial charge in [-0.05, 0) is 37.1 Å². The third-order valence-corrected chi connectivity index (χ3v) is 4.00. The van der Waals surface area contributed by atoms with Crippen molar-refractivity contribution in [2.45, 2.75) is 19.9 Å². The van der Waals surface area contributed by atoms with E-state index < -0.39 is 5.97 Å². The fourth-order valence-electron chi connectivity index (χ4n) is 2.89. The van der Waals surface area contributed by atoms with Crippen LogP contribution in [0.4, 0.5) is 0 Å². The summed E-state index contributed by atoms with van der Waals surface area (Å²) in [6.07, 6.45) is 0.661. The highest BCUT2D eigenvalue weighted by molar-refractivity contribution is 5.80. The largest absolute Gasteiger partial charge is 0.481 e. The molecular weight excluding hydrogens is 270 g/mol. The maximum atomic E-state index is 11.7. The zero-order chi connectivity index (χ0) is 15.0. The number of hydrogen-bond donors (Lipinski definition) is 1. The number of carboxylic acid groups (broad SMARTS) is 1. The minimum Gasteiger partial charge on any atom is -0.481 e. The average molecular weight is 287 g/mol. The zero-order valence-electron chi connectivity index (χ0n) is 11.8. The molecule has 0 aliphatic carbocycles. The lowest BCUT2D eigenvalue weighted by molar-refractivity contribution is -0.141. The molecule has 2 heterocycles. The van der Waals surface area contributed by atoms with Crippen LogP contribution in [0.3, 0.4) is 0 Å². The SMILES string of the molecule is Cc1ccc2c(CN3CCC(C(=O)O)C3)cc(=O)oc2c1. The Kier molecular flexibility index (Phi) is 3.51. The first-order valence-electron chi connectivity index (χ1n) is 7.01. The number of carbonyl (C=O) groups is 1. The summed E-state index contributed by atoms with van der Waals surface area (Å²) in [7, 11) is 0. The molecule has 0 spiro atoms. The minimum absolute atomic E-state index is 0.307. The van der Waals surface area contributed by atoms with Gasteiger partial charge in [-0.1, -0.05) is 12.1 Å². The van der Waals surface area contributed by atoms with Gasteiger partial charge in [0, 0.05) is 24.5 Å². The zero-order valence-corrected chi connectivity index (χ0v) is 11.8. The van der Waals surface area contributed by atoms with Gasteiger partial charge in [-0.2, -0.15) is 0 Å². The van der Waals surface area contributed by atoms with Gasteiger partial charge in [-0.25, -0.2) is 4.79 Å². The van der Waals surface area contributed by atoms with Crippen LogP contribution >= 0.6 is 0 Å². The molecule has 0 amide bonds. The summed E-state index contributed by atoms with van der Waals surface area (Å²) in [6, 6.07) is 7.29. The maximum Gasteiger partial charge on any atom is 0.336 e. The molecule has 1 aromatic heterocycles. The summed E-state index contributed by atoms with van der Waals surface area (Å²) in [5.41, 5.74) is 2.16. The summed E-state index contributed by atoms with van der Waals surface area (Å²) in [6.45, 7) is 3.80. The molecule has 1 fully saturated rings. The van der Waals surface area contributed by atoms with Crippen molar-refractivity contribution in [3.05, 3.63) is 45.8 Å². The van der Waals surface area contributed by atoms with E-state index in [0.29, 0.717) is 25.1 Å². The van der Waals surface area contributed by atoms with Crippen LogP contribution < -0.4 is 5.63 Å². The molecule has 21 heavy (non-hydrogen) atoms. The Hall–Kier alpha value is -2.14. The Bertz CT molecular complexity index is 750. The van der Waals surface area contributed by atoms with Crippen LogP contribution in [0, 0.1) is 12.8 Å². The lowest BCUT2D eigenvalue weighted by atomic mass is 10.1. The monoisotopic (exact) mass is 287 g/mol. The third-order valence-electron chi connectivity index (χ3n) is 4.00. The van der Waals surface area contributed by atoms with Crippen molar-refractivity contribution >= 4 is 16.9 Å². The molecule has 1 aliphatic rings. The first-order valence-corrected chi connectivity index (χ1v) is 7.01. The minimum atomic E-state index is -0.745. The molecule has 1 atom stereocenters. The summed E-state index contributed by atoms with van der Waals surface area (Å²) < 4.78 is 5.24. The van der Waals surface area contributed by atoms with Gasteiger partial charge >= 0.3 is 11.6 Å². The fourth-order valence-corrected chi connectivity index (χ4v) is 2.89. The van der Waals surface area contributed by atoms with Crippen molar-refractivity contribution in [1.82, 2.24) is 4.90 Å². The van der Waals surface area contributed by atoms with E-state index in [2.05, 4.69) is 4.90 Å². The number of aliphatic carboxylic acids is 1. The fraction of sp³-hybridized carbons (Fsp3) is 0.375. The van der Waals surface area contributed by atoms with Crippen LogP contribution in [0.25, 0.3) is 11.0 Å². The number of fused-ring (bicyclic) bond motifs is 1. The predicted molar refractivity (Wildman–Crippen MR) is 78.2 cm³/mol. The summed E-state index contributed by atoms with van der Waals surface area (Å²) in [5.74, 6) is -1.05. The van der Waals surface area contributed by atoms with E-state index in [0.717, 1.165) is 23.1 Å². The highest BCUT2D eigenvalue weighted by atomic mass is 16.4. The molecule has 2 aromatic rings. The van der Waals surface area contributed by atoms with E-state index in [4.69, 9.17) is 9.52 Å². The van der Waals surface area contributed by atoms with Crippen molar-refractivity contribution in [3.8, 4) is 0 Å². The van der Waals surface area contributed by atoms with E-state index in [9.17, 15) is 9.59 Å². The number of likely N-dealkylation sites (tertiary alicyclic amines) is 1. The molecule has 0 radical (unpaired) electrons. The van der Waals surface area contributed by atoms with E-state index in [1.54, 1.807) is 0 Å². The molecular formula is C16H17NO4. The molecule has 5 nitrogen and oxygen atoms in total. The number of hydrogen-bond acceptors (Lipinski definition) is 4. The smallest absolute Gasteiger partial charge is 0.336 e. The third kappa shape index (κ3) is 2.83. The number of nitrogens with zero attached hydrogens (tertiary/aromatic N) is 1. The molecule has 3 rings (SSSR count). The predicted octanol–water partition coefficient (Wildman–Crippen LogP) is 2.01. The summed E-state index contributed by atoms with van der Waals surface area (Å²) >= 11 is 0. The standard InChI is InChI=1S/C16H17NO4/c1-10-2-3-13-12(7-15(18)21-14(13)6-10)9-17-5-4-11(8-17)16(19)20/h2-3,6-7,11H,4-5,8-9H2,1H3,(H,19,20). The van der Waals surface area contributed by atoms with Gasteiger partial charge in [0.25, 0.3) is 0 Å². The van der Waals surface area contributed by atoms with Crippen molar-refractivity contribution < 1.29 is 14.3 Å². The van der Waals surface area contributed by atoms with Crippen LogP contribution in [-0.4, -0.2) is 29.1 Å². The normalized spacial score (nSPS) is 19.2. The Morgan fingerprint density at radius 2 is 2.24 bits per heavy atom. The maximum absolute atomic E-state index is 11.7. The van der Waals surface area contributed by atoms with Crippen LogP contribution in [0.5, 0.6) is 0 Å². The van der Waals surface area contributed by atoms with Crippen molar-refractivity contribution in [1.29, 1.82) is 0 Å². The molecule has 0 saturated carbocycles. The van der Waals surface area contributed by atoms with Crippen LogP contribution in [0.1, 0.15) is 17.5 Å². The van der Waals surface area contributed by atoms with Crippen molar-refractivity contribution in [2.24, 2.45) is 5.92 Å². The Balaban J connectivity index is 1.91. The van der Waals surface area contributed by atoms with Gasteiger partial charge in [0.2, 0.25) is 0 Å². The number of aryl methyl sites for hydroxylation is 1. The molecule has 110 valence electrons. The van der Waals surface area contributed by atoms with E-state index in [1.165, 1.54) is 6.07 Å². The van der Waals surface area contributed by atoms with Crippen LogP contribution in [-0.2, 0) is 11.3 Å². The van der Waals surface area contributed by atoms with Crippen LogP contribution in [0.2, 0.25) is 0 Å². The van der Waals surface area contributed by atoms with Gasteiger partial charge < -0.3 is 9.52 Å². The summed E-state index contributed by atoms with van der Waals surface area (Å²) in [4.78, 5) is 24.8. The van der Waals surface area contributed by atoms with Gasteiger partial charge in [0.15, 0.2) is 0 Å². The van der Waals surface area contributed by atoms with Gasteiger partial charge in [-0.15, -0.1) is 0 Å². The first-order chi connectivity index (χ1) is 10.0.